The van der Waals surface area contributed by atoms with Crippen LogP contribution in [0.4, 0.5) is 4.39 Å². The van der Waals surface area contributed by atoms with Crippen LogP contribution < -0.4 is 5.32 Å². The third kappa shape index (κ3) is 2.79. The molecule has 0 radical (unpaired) electrons. The first-order valence-electron chi connectivity index (χ1n) is 6.90. The summed E-state index contributed by atoms with van der Waals surface area (Å²) in [7, 11) is 0. The van der Waals surface area contributed by atoms with Gasteiger partial charge in [-0.05, 0) is 42.2 Å². The Kier molecular flexibility index (Phi) is 3.68. The normalized spacial score (nSPS) is 15.5. The summed E-state index contributed by atoms with van der Waals surface area (Å²) in [6.45, 7) is 0.404. The van der Waals surface area contributed by atoms with E-state index in [1.54, 1.807) is 18.2 Å². The molecule has 0 bridgehead atoms. The largest absolute Gasteiger partial charge is 0.351 e. The first-order chi connectivity index (χ1) is 10.1. The van der Waals surface area contributed by atoms with E-state index in [2.05, 4.69) is 5.32 Å². The predicted molar refractivity (Wildman–Crippen MR) is 80.6 cm³/mol. The standard InChI is InChI=1S/C17H15ClFNO/c18-15-4-2-1-3-12(15)11-20-16(21)17(9-10-17)13-5-7-14(19)8-6-13/h1-8H,9-11H2,(H,20,21). The van der Waals surface area contributed by atoms with Gasteiger partial charge in [0, 0.05) is 11.6 Å². The van der Waals surface area contributed by atoms with Gasteiger partial charge in [-0.1, -0.05) is 41.9 Å². The Bertz CT molecular complexity index is 665. The molecule has 21 heavy (non-hydrogen) atoms. The Morgan fingerprint density at radius 1 is 1.14 bits per heavy atom. The number of halogens is 2. The number of carbonyl (C=O) groups is 1. The fraction of sp³-hybridized carbons (Fsp3) is 0.235. The second kappa shape index (κ2) is 5.49. The van der Waals surface area contributed by atoms with Crippen LogP contribution in [0.3, 0.4) is 0 Å². The zero-order valence-electron chi connectivity index (χ0n) is 11.4. The lowest BCUT2D eigenvalue weighted by Crippen LogP contribution is -2.34. The van der Waals surface area contributed by atoms with Crippen LogP contribution in [0.2, 0.25) is 5.02 Å². The van der Waals surface area contributed by atoms with Gasteiger partial charge in [0.25, 0.3) is 0 Å². The first kappa shape index (κ1) is 14.1. The number of amides is 1. The van der Waals surface area contributed by atoms with Crippen molar-refractivity contribution >= 4 is 17.5 Å². The third-order valence-electron chi connectivity index (χ3n) is 3.98. The number of nitrogens with one attached hydrogen (secondary N) is 1. The molecule has 1 fully saturated rings. The first-order valence-corrected chi connectivity index (χ1v) is 7.27. The molecule has 1 N–H and O–H groups in total. The van der Waals surface area contributed by atoms with Crippen molar-refractivity contribution < 1.29 is 9.18 Å². The van der Waals surface area contributed by atoms with E-state index in [1.165, 1.54) is 12.1 Å². The van der Waals surface area contributed by atoms with Crippen LogP contribution in [0, 0.1) is 5.82 Å². The number of rotatable bonds is 4. The van der Waals surface area contributed by atoms with Gasteiger partial charge < -0.3 is 5.32 Å². The molecule has 108 valence electrons. The molecule has 1 saturated carbocycles. The number of benzene rings is 2. The number of carbonyl (C=O) groups excluding carboxylic acids is 1. The van der Waals surface area contributed by atoms with Crippen molar-refractivity contribution in [1.29, 1.82) is 0 Å². The average molecular weight is 304 g/mol. The second-order valence-corrected chi connectivity index (χ2v) is 5.77. The Morgan fingerprint density at radius 2 is 1.81 bits per heavy atom. The predicted octanol–water partition coefficient (Wildman–Crippen LogP) is 3.83. The summed E-state index contributed by atoms with van der Waals surface area (Å²) in [6, 6.07) is 13.6. The maximum absolute atomic E-state index is 13.0. The molecule has 0 aliphatic heterocycles. The zero-order valence-corrected chi connectivity index (χ0v) is 12.2. The minimum absolute atomic E-state index is 0.0194. The quantitative estimate of drug-likeness (QED) is 0.914. The van der Waals surface area contributed by atoms with Crippen molar-refractivity contribution in [3.8, 4) is 0 Å². The maximum atomic E-state index is 13.0. The molecule has 0 aromatic heterocycles. The van der Waals surface area contributed by atoms with Crippen molar-refractivity contribution in [2.45, 2.75) is 24.8 Å². The highest BCUT2D eigenvalue weighted by atomic mass is 35.5. The Morgan fingerprint density at radius 3 is 2.43 bits per heavy atom. The molecule has 2 aromatic rings. The van der Waals surface area contributed by atoms with E-state index in [0.717, 1.165) is 24.0 Å². The van der Waals surface area contributed by atoms with E-state index in [1.807, 2.05) is 18.2 Å². The monoisotopic (exact) mass is 303 g/mol. The molecule has 0 heterocycles. The molecule has 0 atom stereocenters. The van der Waals surface area contributed by atoms with Gasteiger partial charge in [-0.2, -0.15) is 0 Å². The summed E-state index contributed by atoms with van der Waals surface area (Å²) in [5.74, 6) is -0.306. The Balaban J connectivity index is 1.71. The molecular weight excluding hydrogens is 289 g/mol. The summed E-state index contributed by atoms with van der Waals surface area (Å²) in [4.78, 5) is 12.4. The highest BCUT2D eigenvalue weighted by molar-refractivity contribution is 6.31. The average Bonchev–Trinajstić information content (AvgIpc) is 3.28. The minimum atomic E-state index is -0.491. The van der Waals surface area contributed by atoms with Gasteiger partial charge in [0.15, 0.2) is 0 Å². The van der Waals surface area contributed by atoms with Gasteiger partial charge in [-0.15, -0.1) is 0 Å². The maximum Gasteiger partial charge on any atom is 0.230 e. The van der Waals surface area contributed by atoms with Gasteiger partial charge >= 0.3 is 0 Å². The summed E-state index contributed by atoms with van der Waals surface area (Å²) >= 11 is 6.08. The molecule has 1 aliphatic carbocycles. The summed E-state index contributed by atoms with van der Waals surface area (Å²) < 4.78 is 13.0. The van der Waals surface area contributed by atoms with Crippen LogP contribution in [0.15, 0.2) is 48.5 Å². The summed E-state index contributed by atoms with van der Waals surface area (Å²) in [5, 5.41) is 3.58. The van der Waals surface area contributed by atoms with Gasteiger partial charge in [0.05, 0.1) is 5.41 Å². The minimum Gasteiger partial charge on any atom is -0.351 e. The molecule has 3 rings (SSSR count). The highest BCUT2D eigenvalue weighted by Crippen LogP contribution is 2.48. The van der Waals surface area contributed by atoms with E-state index < -0.39 is 5.41 Å². The molecule has 2 aromatic carbocycles. The molecule has 4 heteroatoms. The fourth-order valence-corrected chi connectivity index (χ4v) is 2.73. The van der Waals surface area contributed by atoms with Gasteiger partial charge in [0.1, 0.15) is 5.82 Å². The van der Waals surface area contributed by atoms with Gasteiger partial charge in [-0.25, -0.2) is 4.39 Å². The molecule has 0 unspecified atom stereocenters. The van der Waals surface area contributed by atoms with Crippen molar-refractivity contribution in [1.82, 2.24) is 5.32 Å². The Hall–Kier alpha value is -1.87. The molecule has 0 saturated heterocycles. The van der Waals surface area contributed by atoms with Crippen LogP contribution >= 0.6 is 11.6 Å². The lowest BCUT2D eigenvalue weighted by atomic mass is 9.95. The van der Waals surface area contributed by atoms with Crippen molar-refractivity contribution in [3.05, 3.63) is 70.5 Å². The van der Waals surface area contributed by atoms with E-state index in [9.17, 15) is 9.18 Å². The van der Waals surface area contributed by atoms with Crippen LogP contribution in [-0.2, 0) is 16.8 Å². The molecule has 1 amide bonds. The summed E-state index contributed by atoms with van der Waals surface area (Å²) in [5.41, 5.74) is 1.28. The van der Waals surface area contributed by atoms with E-state index in [4.69, 9.17) is 11.6 Å². The number of hydrogen-bond acceptors (Lipinski definition) is 1. The van der Waals surface area contributed by atoms with Crippen LogP contribution in [0.25, 0.3) is 0 Å². The van der Waals surface area contributed by atoms with E-state index >= 15 is 0 Å². The van der Waals surface area contributed by atoms with E-state index in [-0.39, 0.29) is 11.7 Å². The lowest BCUT2D eigenvalue weighted by Gasteiger charge is -2.16. The molecule has 2 nitrogen and oxygen atoms in total. The van der Waals surface area contributed by atoms with Crippen LogP contribution in [-0.4, -0.2) is 5.91 Å². The smallest absolute Gasteiger partial charge is 0.230 e. The summed E-state index contributed by atoms with van der Waals surface area (Å²) in [6.07, 6.45) is 1.60. The SMILES string of the molecule is O=C(NCc1ccccc1Cl)C1(c2ccc(F)cc2)CC1. The third-order valence-corrected chi connectivity index (χ3v) is 4.35. The zero-order chi connectivity index (χ0) is 14.9. The van der Waals surface area contributed by atoms with Crippen LogP contribution in [0.1, 0.15) is 24.0 Å². The molecule has 1 aliphatic rings. The van der Waals surface area contributed by atoms with Crippen molar-refractivity contribution in [3.63, 3.8) is 0 Å². The van der Waals surface area contributed by atoms with Gasteiger partial charge in [-0.3, -0.25) is 4.79 Å². The number of hydrogen-bond donors (Lipinski definition) is 1. The fourth-order valence-electron chi connectivity index (χ4n) is 2.53. The topological polar surface area (TPSA) is 29.1 Å². The molecule has 0 spiro atoms. The highest BCUT2D eigenvalue weighted by Gasteiger charge is 2.51. The van der Waals surface area contributed by atoms with Crippen molar-refractivity contribution in [2.24, 2.45) is 0 Å². The lowest BCUT2D eigenvalue weighted by molar-refractivity contribution is -0.123. The van der Waals surface area contributed by atoms with Gasteiger partial charge in [0.2, 0.25) is 5.91 Å². The van der Waals surface area contributed by atoms with E-state index in [0.29, 0.717) is 11.6 Å². The molecular formula is C17H15ClFNO. The van der Waals surface area contributed by atoms with Crippen LogP contribution in [0.5, 0.6) is 0 Å². The second-order valence-electron chi connectivity index (χ2n) is 5.36. The van der Waals surface area contributed by atoms with Crippen molar-refractivity contribution in [2.75, 3.05) is 0 Å². The Labute approximate surface area is 127 Å².